The zero-order valence-electron chi connectivity index (χ0n) is 21.5. The van der Waals surface area contributed by atoms with Crippen LogP contribution >= 0.6 is 7.36 Å². The van der Waals surface area contributed by atoms with Gasteiger partial charge in [0.1, 0.15) is 7.36 Å². The summed E-state index contributed by atoms with van der Waals surface area (Å²) in [5, 5.41) is 15.0. The third-order valence-electron chi connectivity index (χ3n) is 7.50. The van der Waals surface area contributed by atoms with E-state index in [1.807, 2.05) is 0 Å². The summed E-state index contributed by atoms with van der Waals surface area (Å²) in [5.74, 6) is 0. The third-order valence-corrected chi connectivity index (χ3v) is 11.4. The van der Waals surface area contributed by atoms with Gasteiger partial charge in [-0.3, -0.25) is 10.1 Å². The molecular weight excluding hydrogens is 501 g/mol. The smallest absolute Gasteiger partial charge is 0.269 e. The summed E-state index contributed by atoms with van der Waals surface area (Å²) in [4.78, 5) is 10.9. The van der Waals surface area contributed by atoms with E-state index in [0.29, 0.717) is 26.4 Å². The monoisotopic (exact) mass is 533 g/mol. The first-order valence-electron chi connectivity index (χ1n) is 13.2. The van der Waals surface area contributed by atoms with Crippen LogP contribution < -0.4 is 5.30 Å². The highest BCUT2D eigenvalue weighted by molar-refractivity contribution is 7.69. The third kappa shape index (κ3) is 4.34. The molecular formula is C28H32N5O4P. The van der Waals surface area contributed by atoms with Crippen LogP contribution in [0.1, 0.15) is 6.92 Å². The molecule has 0 spiro atoms. The van der Waals surface area contributed by atoms with Gasteiger partial charge in [0, 0.05) is 72.0 Å². The van der Waals surface area contributed by atoms with Crippen LogP contribution in [0.2, 0.25) is 0 Å². The van der Waals surface area contributed by atoms with E-state index in [-0.39, 0.29) is 10.6 Å². The Bertz CT molecular complexity index is 1500. The minimum atomic E-state index is -2.49. The zero-order chi connectivity index (χ0) is 26.1. The Morgan fingerprint density at radius 1 is 0.842 bits per heavy atom. The van der Waals surface area contributed by atoms with E-state index in [1.54, 1.807) is 24.3 Å². The van der Waals surface area contributed by atoms with Gasteiger partial charge < -0.3 is 14.0 Å². The molecule has 2 saturated heterocycles. The fraction of sp³-hybridized carbons (Fsp3) is 0.357. The van der Waals surface area contributed by atoms with Crippen molar-refractivity contribution in [3.8, 4) is 0 Å². The van der Waals surface area contributed by atoms with Crippen molar-refractivity contribution in [2.75, 3.05) is 52.6 Å². The van der Waals surface area contributed by atoms with Gasteiger partial charge in [0.05, 0.1) is 37.0 Å². The van der Waals surface area contributed by atoms with E-state index in [0.717, 1.165) is 38.4 Å². The second kappa shape index (κ2) is 10.6. The van der Waals surface area contributed by atoms with Gasteiger partial charge in [-0.25, -0.2) is 14.1 Å². The van der Waals surface area contributed by atoms with Crippen LogP contribution in [-0.2, 0) is 16.0 Å². The lowest BCUT2D eigenvalue weighted by molar-refractivity contribution is -0.384. The van der Waals surface area contributed by atoms with Gasteiger partial charge in [0.15, 0.2) is 0 Å². The maximum absolute atomic E-state index is 11.3. The molecule has 0 bridgehead atoms. The van der Waals surface area contributed by atoms with E-state index in [1.165, 1.54) is 27.1 Å². The molecule has 0 N–H and O–H groups in total. The number of ether oxygens (including phenoxy) is 2. The molecule has 3 aromatic carbocycles. The average Bonchev–Trinajstić information content (AvgIpc) is 3.30. The highest BCUT2D eigenvalue weighted by Crippen LogP contribution is 2.58. The fourth-order valence-corrected chi connectivity index (χ4v) is 9.58. The molecule has 1 aromatic heterocycles. The van der Waals surface area contributed by atoms with Gasteiger partial charge in [-0.1, -0.05) is 18.2 Å². The van der Waals surface area contributed by atoms with Crippen LogP contribution in [0.5, 0.6) is 0 Å². The Hall–Kier alpha value is -3.07. The van der Waals surface area contributed by atoms with Crippen LogP contribution in [0.25, 0.3) is 21.8 Å². The van der Waals surface area contributed by atoms with Crippen molar-refractivity contribution in [2.24, 2.45) is 4.74 Å². The molecule has 0 saturated carbocycles. The molecule has 3 heterocycles. The number of rotatable bonds is 6. The summed E-state index contributed by atoms with van der Waals surface area (Å²) in [5.41, 5.74) is 3.27. The lowest BCUT2D eigenvalue weighted by atomic mass is 10.1. The Morgan fingerprint density at radius 2 is 1.45 bits per heavy atom. The molecule has 38 heavy (non-hydrogen) atoms. The first-order chi connectivity index (χ1) is 18.6. The van der Waals surface area contributed by atoms with E-state index in [9.17, 15) is 10.1 Å². The number of morpholine rings is 2. The highest BCUT2D eigenvalue weighted by Gasteiger charge is 2.38. The van der Waals surface area contributed by atoms with Gasteiger partial charge >= 0.3 is 0 Å². The summed E-state index contributed by atoms with van der Waals surface area (Å²) in [6.07, 6.45) is 0. The zero-order valence-corrected chi connectivity index (χ0v) is 22.4. The van der Waals surface area contributed by atoms with Gasteiger partial charge in [0.2, 0.25) is 0 Å². The van der Waals surface area contributed by atoms with Crippen molar-refractivity contribution in [1.29, 1.82) is 0 Å². The van der Waals surface area contributed by atoms with Crippen molar-refractivity contribution in [3.63, 3.8) is 0 Å². The average molecular weight is 534 g/mol. The van der Waals surface area contributed by atoms with Gasteiger partial charge in [-0.2, -0.15) is 0 Å². The number of benzene rings is 3. The van der Waals surface area contributed by atoms with Gasteiger partial charge in [0.25, 0.3) is 5.69 Å². The summed E-state index contributed by atoms with van der Waals surface area (Å²) in [6.45, 7) is 8.78. The second-order valence-corrected chi connectivity index (χ2v) is 12.5. The number of nitro benzene ring substituents is 1. The van der Waals surface area contributed by atoms with Crippen molar-refractivity contribution in [3.05, 3.63) is 76.8 Å². The molecule has 4 aromatic rings. The predicted molar refractivity (Wildman–Crippen MR) is 152 cm³/mol. The van der Waals surface area contributed by atoms with Crippen LogP contribution in [0.15, 0.2) is 71.5 Å². The Kier molecular flexibility index (Phi) is 7.03. The minimum Gasteiger partial charge on any atom is -0.379 e. The topological polar surface area (TPSA) is 85.4 Å². The number of hydrogen-bond acceptors (Lipinski definition) is 5. The quantitative estimate of drug-likeness (QED) is 0.188. The first-order valence-corrected chi connectivity index (χ1v) is 14.8. The second-order valence-electron chi connectivity index (χ2n) is 9.54. The SMILES string of the molecule is CCn1c2ccccc2c2cc(P(=Nc3ccc([N+](=O)[O-])cc3)(N3CCOCC3)N3CCOCC3)ccc21. The van der Waals surface area contributed by atoms with Gasteiger partial charge in [-0.15, -0.1) is 0 Å². The number of nitrogens with zero attached hydrogens (tertiary/aromatic N) is 5. The van der Waals surface area contributed by atoms with Crippen LogP contribution in [0.4, 0.5) is 11.4 Å². The largest absolute Gasteiger partial charge is 0.379 e. The summed E-state index contributed by atoms with van der Waals surface area (Å²) in [7, 11) is -2.49. The van der Waals surface area contributed by atoms with E-state index < -0.39 is 7.36 Å². The molecule has 10 heteroatoms. The molecule has 0 unspecified atom stereocenters. The number of para-hydroxylation sites is 1. The van der Waals surface area contributed by atoms with Crippen molar-refractivity contribution >= 4 is 45.8 Å². The number of hydrogen-bond donors (Lipinski definition) is 0. The maximum atomic E-state index is 11.3. The highest BCUT2D eigenvalue weighted by atomic mass is 31.2. The Balaban J connectivity index is 1.63. The molecule has 198 valence electrons. The van der Waals surface area contributed by atoms with Crippen LogP contribution in [0, 0.1) is 10.1 Å². The number of aryl methyl sites for hydroxylation is 1. The Morgan fingerprint density at radius 3 is 2.05 bits per heavy atom. The summed E-state index contributed by atoms with van der Waals surface area (Å²) < 4.78 is 24.5. The molecule has 6 rings (SSSR count). The number of non-ortho nitro benzene ring substituents is 1. The first kappa shape index (κ1) is 25.2. The van der Waals surface area contributed by atoms with Crippen LogP contribution in [-0.4, -0.2) is 71.4 Å². The van der Waals surface area contributed by atoms with Crippen molar-refractivity contribution in [1.82, 2.24) is 13.9 Å². The molecule has 0 radical (unpaired) electrons. The number of nitro groups is 1. The van der Waals surface area contributed by atoms with E-state index in [2.05, 4.69) is 63.3 Å². The van der Waals surface area contributed by atoms with E-state index >= 15 is 0 Å². The summed E-state index contributed by atoms with van der Waals surface area (Å²) in [6, 6.07) is 22.1. The molecule has 9 nitrogen and oxygen atoms in total. The molecule has 2 fully saturated rings. The molecule has 0 amide bonds. The van der Waals surface area contributed by atoms with Gasteiger partial charge in [-0.05, 0) is 43.3 Å². The fourth-order valence-electron chi connectivity index (χ4n) is 5.73. The van der Waals surface area contributed by atoms with Crippen molar-refractivity contribution < 1.29 is 14.4 Å². The van der Waals surface area contributed by atoms with E-state index in [4.69, 9.17) is 14.2 Å². The molecule has 2 aliphatic rings. The predicted octanol–water partition coefficient (Wildman–Crippen LogP) is 5.38. The lowest BCUT2D eigenvalue weighted by Crippen LogP contribution is -2.46. The normalized spacial score (nSPS) is 17.7. The van der Waals surface area contributed by atoms with Crippen molar-refractivity contribution in [2.45, 2.75) is 13.5 Å². The lowest BCUT2D eigenvalue weighted by Gasteiger charge is -2.46. The molecule has 0 aliphatic carbocycles. The maximum Gasteiger partial charge on any atom is 0.269 e. The summed E-state index contributed by atoms with van der Waals surface area (Å²) >= 11 is 0. The standard InChI is InChI=1S/C28H32N5O4P/c1-2-32-27-6-4-3-5-25(27)26-21-24(11-12-28(26)32)38(30-13-17-36-18-14-30,31-15-19-37-20-16-31)29-22-7-9-23(10-8-22)33(34)35/h3-12,21H,2,13-20H2,1H3. The molecule has 2 aliphatic heterocycles. The number of aromatic nitrogens is 1. The number of fused-ring (bicyclic) bond motifs is 3. The minimum absolute atomic E-state index is 0.0689. The van der Waals surface area contributed by atoms with Crippen LogP contribution in [0.3, 0.4) is 0 Å². The Labute approximate surface area is 221 Å². The molecule has 0 atom stereocenters.